The van der Waals surface area contributed by atoms with Crippen LogP contribution >= 0.6 is 0 Å². The number of hydrogen-bond acceptors (Lipinski definition) is 6. The Balaban J connectivity index is 1.06. The average Bonchev–Trinajstić information content (AvgIpc) is 3.23. The average molecular weight is 513 g/mol. The van der Waals surface area contributed by atoms with Crippen LogP contribution in [0.1, 0.15) is 48.5 Å². The number of nitrogens with zero attached hydrogens (tertiary/aromatic N) is 2. The Morgan fingerprint density at radius 1 is 1.11 bits per heavy atom. The van der Waals surface area contributed by atoms with Crippen LogP contribution in [0.4, 0.5) is 4.39 Å². The van der Waals surface area contributed by atoms with Crippen LogP contribution in [0, 0.1) is 17.7 Å². The van der Waals surface area contributed by atoms with Crippen LogP contribution in [0.3, 0.4) is 0 Å². The Hall–Kier alpha value is -2.84. The van der Waals surface area contributed by atoms with E-state index in [1.165, 1.54) is 6.07 Å². The van der Waals surface area contributed by atoms with E-state index in [-0.39, 0.29) is 17.6 Å². The summed E-state index contributed by atoms with van der Waals surface area (Å²) in [5.74, 6) is 0.908. The van der Waals surface area contributed by atoms with E-state index in [9.17, 15) is 14.3 Å². The van der Waals surface area contributed by atoms with Crippen LogP contribution < -0.4 is 9.47 Å². The molecule has 0 spiro atoms. The SMILES string of the molecule is CC(Oc1cccc(OCCN2CCOCC2)c1)C1CCC(CN2Cc3ccc(O)c(F)c3C2=O)CC1. The van der Waals surface area contributed by atoms with Crippen molar-refractivity contribution in [3.05, 3.63) is 53.3 Å². The van der Waals surface area contributed by atoms with E-state index in [0.29, 0.717) is 37.1 Å². The molecule has 37 heavy (non-hydrogen) atoms. The first-order valence-corrected chi connectivity index (χ1v) is 13.5. The first kappa shape index (κ1) is 25.8. The van der Waals surface area contributed by atoms with Gasteiger partial charge in [0.2, 0.25) is 0 Å². The minimum atomic E-state index is -0.800. The third-order valence-corrected chi connectivity index (χ3v) is 8.01. The fraction of sp³-hybridized carbons (Fsp3) is 0.552. The number of carbonyl (C=O) groups excluding carboxylic acids is 1. The van der Waals surface area contributed by atoms with Gasteiger partial charge in [-0.1, -0.05) is 12.1 Å². The molecule has 1 N–H and O–H groups in total. The maximum atomic E-state index is 14.3. The molecule has 0 bridgehead atoms. The summed E-state index contributed by atoms with van der Waals surface area (Å²) in [6, 6.07) is 10.8. The molecule has 7 nitrogen and oxygen atoms in total. The number of aromatic hydroxyl groups is 1. The molecular formula is C29H37FN2O5. The molecule has 5 rings (SSSR count). The molecule has 2 aromatic rings. The van der Waals surface area contributed by atoms with Gasteiger partial charge < -0.3 is 24.2 Å². The molecule has 1 saturated heterocycles. The second-order valence-electron chi connectivity index (χ2n) is 10.5. The molecule has 1 atom stereocenters. The minimum Gasteiger partial charge on any atom is -0.505 e. The largest absolute Gasteiger partial charge is 0.505 e. The highest BCUT2D eigenvalue weighted by Gasteiger charge is 2.34. The van der Waals surface area contributed by atoms with Gasteiger partial charge in [0.15, 0.2) is 11.6 Å². The first-order valence-electron chi connectivity index (χ1n) is 13.5. The van der Waals surface area contributed by atoms with E-state index in [1.54, 1.807) is 11.0 Å². The van der Waals surface area contributed by atoms with Gasteiger partial charge in [0, 0.05) is 38.8 Å². The molecular weight excluding hydrogens is 475 g/mol. The highest BCUT2D eigenvalue weighted by molar-refractivity contribution is 5.99. The maximum Gasteiger partial charge on any atom is 0.257 e. The molecule has 1 amide bonds. The molecule has 2 aliphatic heterocycles. The lowest BCUT2D eigenvalue weighted by Crippen LogP contribution is -2.38. The molecule has 1 saturated carbocycles. The van der Waals surface area contributed by atoms with Crippen LogP contribution in [0.25, 0.3) is 0 Å². The van der Waals surface area contributed by atoms with Crippen LogP contribution in [-0.4, -0.2) is 72.9 Å². The van der Waals surface area contributed by atoms with Gasteiger partial charge in [-0.3, -0.25) is 9.69 Å². The summed E-state index contributed by atoms with van der Waals surface area (Å²) in [4.78, 5) is 16.8. The number of ether oxygens (including phenoxy) is 3. The normalized spacial score (nSPS) is 23.1. The molecule has 8 heteroatoms. The standard InChI is InChI=1S/C29H37FN2O5/c1-20(37-25-4-2-3-24(17-25)36-16-13-31-11-14-35-15-12-31)22-7-5-21(6-8-22)18-32-19-23-9-10-26(33)28(30)27(23)29(32)34/h2-4,9-10,17,20-22,33H,5-8,11-16,18-19H2,1H3. The Morgan fingerprint density at radius 3 is 2.65 bits per heavy atom. The molecule has 0 aromatic heterocycles. The van der Waals surface area contributed by atoms with Crippen molar-refractivity contribution in [3.8, 4) is 17.2 Å². The minimum absolute atomic E-state index is 0.0306. The monoisotopic (exact) mass is 512 g/mol. The Bertz CT molecular complexity index is 1080. The fourth-order valence-corrected chi connectivity index (χ4v) is 5.77. The van der Waals surface area contributed by atoms with Gasteiger partial charge in [0.1, 0.15) is 18.1 Å². The lowest BCUT2D eigenvalue weighted by molar-refractivity contribution is 0.0322. The smallest absolute Gasteiger partial charge is 0.257 e. The zero-order chi connectivity index (χ0) is 25.8. The number of carbonyl (C=O) groups is 1. The molecule has 2 aromatic carbocycles. The summed E-state index contributed by atoms with van der Waals surface area (Å²) in [5.41, 5.74) is 0.686. The second-order valence-corrected chi connectivity index (χ2v) is 10.5. The van der Waals surface area contributed by atoms with E-state index in [0.717, 1.165) is 70.0 Å². The van der Waals surface area contributed by atoms with Crippen LogP contribution in [-0.2, 0) is 11.3 Å². The molecule has 200 valence electrons. The quantitative estimate of drug-likeness (QED) is 0.535. The summed E-state index contributed by atoms with van der Waals surface area (Å²) in [6.45, 7) is 8.19. The van der Waals surface area contributed by atoms with E-state index >= 15 is 0 Å². The number of benzene rings is 2. The third-order valence-electron chi connectivity index (χ3n) is 8.01. The van der Waals surface area contributed by atoms with Crippen molar-refractivity contribution >= 4 is 5.91 Å². The predicted molar refractivity (Wildman–Crippen MR) is 138 cm³/mol. The van der Waals surface area contributed by atoms with Crippen molar-refractivity contribution in [2.24, 2.45) is 11.8 Å². The van der Waals surface area contributed by atoms with Crippen LogP contribution in [0.5, 0.6) is 17.2 Å². The lowest BCUT2D eigenvalue weighted by atomic mass is 9.79. The van der Waals surface area contributed by atoms with E-state index in [4.69, 9.17) is 14.2 Å². The molecule has 1 aliphatic carbocycles. The summed E-state index contributed by atoms with van der Waals surface area (Å²) in [6.07, 6.45) is 4.17. The lowest BCUT2D eigenvalue weighted by Gasteiger charge is -2.34. The number of halogens is 1. The van der Waals surface area contributed by atoms with Gasteiger partial charge in [-0.2, -0.15) is 0 Å². The van der Waals surface area contributed by atoms with E-state index < -0.39 is 11.6 Å². The van der Waals surface area contributed by atoms with Gasteiger partial charge in [-0.05, 0) is 68.2 Å². The number of fused-ring (bicyclic) bond motifs is 1. The van der Waals surface area contributed by atoms with Crippen LogP contribution in [0.15, 0.2) is 36.4 Å². The molecule has 1 unspecified atom stereocenters. The highest BCUT2D eigenvalue weighted by atomic mass is 19.1. The van der Waals surface area contributed by atoms with Crippen molar-refractivity contribution in [2.75, 3.05) is 46.0 Å². The summed E-state index contributed by atoms with van der Waals surface area (Å²) in [7, 11) is 0. The fourth-order valence-electron chi connectivity index (χ4n) is 5.77. The predicted octanol–water partition coefficient (Wildman–Crippen LogP) is 4.47. The van der Waals surface area contributed by atoms with Crippen LogP contribution in [0.2, 0.25) is 0 Å². The number of phenolic OH excluding ortho intramolecular Hbond substituents is 1. The van der Waals surface area contributed by atoms with Crippen molar-refractivity contribution in [1.82, 2.24) is 9.80 Å². The Labute approximate surface area is 218 Å². The van der Waals surface area contributed by atoms with E-state index in [2.05, 4.69) is 11.8 Å². The first-order chi connectivity index (χ1) is 18.0. The molecule has 0 radical (unpaired) electrons. The summed E-state index contributed by atoms with van der Waals surface area (Å²) >= 11 is 0. The number of morpholine rings is 1. The zero-order valence-electron chi connectivity index (χ0n) is 21.5. The number of phenols is 1. The van der Waals surface area contributed by atoms with Crippen molar-refractivity contribution in [3.63, 3.8) is 0 Å². The second kappa shape index (κ2) is 11.7. The Kier molecular flexibility index (Phi) is 8.15. The highest BCUT2D eigenvalue weighted by Crippen LogP contribution is 2.36. The van der Waals surface area contributed by atoms with Crippen molar-refractivity contribution in [2.45, 2.75) is 45.3 Å². The number of amides is 1. The van der Waals surface area contributed by atoms with Crippen molar-refractivity contribution < 1.29 is 28.5 Å². The maximum absolute atomic E-state index is 14.3. The van der Waals surface area contributed by atoms with E-state index in [1.807, 2.05) is 24.3 Å². The number of hydrogen-bond donors (Lipinski definition) is 1. The van der Waals surface area contributed by atoms with Gasteiger partial charge in [-0.25, -0.2) is 4.39 Å². The molecule has 2 fully saturated rings. The Morgan fingerprint density at radius 2 is 1.86 bits per heavy atom. The van der Waals surface area contributed by atoms with Gasteiger partial charge in [-0.15, -0.1) is 0 Å². The molecule has 2 heterocycles. The summed E-state index contributed by atoms with van der Waals surface area (Å²) < 4.78 is 31.9. The van der Waals surface area contributed by atoms with Gasteiger partial charge >= 0.3 is 0 Å². The summed E-state index contributed by atoms with van der Waals surface area (Å²) in [5, 5.41) is 9.63. The van der Waals surface area contributed by atoms with Gasteiger partial charge in [0.05, 0.1) is 24.9 Å². The van der Waals surface area contributed by atoms with Crippen molar-refractivity contribution in [1.29, 1.82) is 0 Å². The third kappa shape index (κ3) is 6.18. The molecule has 3 aliphatic rings. The topological polar surface area (TPSA) is 71.5 Å². The number of rotatable bonds is 9. The van der Waals surface area contributed by atoms with Gasteiger partial charge in [0.25, 0.3) is 5.91 Å². The zero-order valence-corrected chi connectivity index (χ0v) is 21.5.